The number of hydrogen-bond acceptors (Lipinski definition) is 2. The van der Waals surface area contributed by atoms with E-state index in [0.717, 1.165) is 25.7 Å². The van der Waals surface area contributed by atoms with Gasteiger partial charge in [-0.15, -0.1) is 0 Å². The smallest absolute Gasteiger partial charge is 0.0721 e. The van der Waals surface area contributed by atoms with E-state index < -0.39 is 0 Å². The van der Waals surface area contributed by atoms with Crippen LogP contribution in [0.2, 0.25) is 0 Å². The van der Waals surface area contributed by atoms with E-state index in [0.29, 0.717) is 0 Å². The monoisotopic (exact) mass is 284 g/mol. The van der Waals surface area contributed by atoms with Crippen molar-refractivity contribution in [1.29, 1.82) is 0 Å². The van der Waals surface area contributed by atoms with Gasteiger partial charge in [0.15, 0.2) is 0 Å². The van der Waals surface area contributed by atoms with Gasteiger partial charge in [-0.25, -0.2) is 0 Å². The Labute approximate surface area is 126 Å². The average Bonchev–Trinajstić information content (AvgIpc) is 2.44. The third kappa shape index (κ3) is 14.1. The summed E-state index contributed by atoms with van der Waals surface area (Å²) in [5, 5.41) is 19.6. The van der Waals surface area contributed by atoms with Crippen molar-refractivity contribution >= 4 is 0 Å². The van der Waals surface area contributed by atoms with Crippen LogP contribution in [-0.4, -0.2) is 22.4 Å². The molecule has 20 heavy (non-hydrogen) atoms. The molecule has 0 aliphatic heterocycles. The zero-order chi connectivity index (χ0) is 15.1. The van der Waals surface area contributed by atoms with Crippen molar-refractivity contribution < 1.29 is 10.2 Å². The number of aliphatic hydroxyl groups excluding tert-OH is 2. The highest BCUT2D eigenvalue weighted by atomic mass is 16.3. The second-order valence-electron chi connectivity index (χ2n) is 5.93. The third-order valence-corrected chi connectivity index (χ3v) is 3.76. The average molecular weight is 284 g/mol. The van der Waals surface area contributed by atoms with Crippen LogP contribution < -0.4 is 0 Å². The van der Waals surface area contributed by atoms with Gasteiger partial charge in [0.05, 0.1) is 12.2 Å². The molecule has 2 N–H and O–H groups in total. The topological polar surface area (TPSA) is 40.5 Å². The zero-order valence-corrected chi connectivity index (χ0v) is 13.7. The van der Waals surface area contributed by atoms with Crippen molar-refractivity contribution in [2.75, 3.05) is 0 Å². The second kappa shape index (κ2) is 15.1. The minimum atomic E-state index is -0.383. The summed E-state index contributed by atoms with van der Waals surface area (Å²) in [6, 6.07) is 0. The molecular weight excluding hydrogens is 248 g/mol. The Morgan fingerprint density at radius 1 is 0.600 bits per heavy atom. The van der Waals surface area contributed by atoms with E-state index in [-0.39, 0.29) is 12.2 Å². The molecule has 0 unspecified atom stereocenters. The number of aliphatic hydroxyl groups is 2. The van der Waals surface area contributed by atoms with E-state index in [2.05, 4.69) is 13.8 Å². The highest BCUT2D eigenvalue weighted by Crippen LogP contribution is 2.10. The molecule has 0 heterocycles. The van der Waals surface area contributed by atoms with Gasteiger partial charge in [-0.2, -0.15) is 0 Å². The first-order valence-electron chi connectivity index (χ1n) is 8.75. The molecule has 0 aliphatic carbocycles. The molecule has 2 nitrogen and oxygen atoms in total. The number of hydrogen-bond donors (Lipinski definition) is 2. The molecule has 0 bridgehead atoms. The van der Waals surface area contributed by atoms with E-state index in [1.165, 1.54) is 51.4 Å². The van der Waals surface area contributed by atoms with Gasteiger partial charge in [0.2, 0.25) is 0 Å². The van der Waals surface area contributed by atoms with Crippen molar-refractivity contribution in [2.45, 2.75) is 103 Å². The molecule has 120 valence electrons. The highest BCUT2D eigenvalue weighted by Gasteiger charge is 2.02. The molecule has 0 rings (SSSR count). The van der Waals surface area contributed by atoms with Crippen molar-refractivity contribution in [1.82, 2.24) is 0 Å². The molecule has 0 aliphatic rings. The van der Waals surface area contributed by atoms with Gasteiger partial charge in [-0.05, 0) is 12.8 Å². The van der Waals surface area contributed by atoms with Crippen LogP contribution in [-0.2, 0) is 0 Å². The van der Waals surface area contributed by atoms with E-state index in [9.17, 15) is 10.2 Å². The van der Waals surface area contributed by atoms with Gasteiger partial charge >= 0.3 is 0 Å². The molecule has 0 fully saturated rings. The van der Waals surface area contributed by atoms with Crippen LogP contribution in [0.15, 0.2) is 12.2 Å². The van der Waals surface area contributed by atoms with E-state index in [4.69, 9.17) is 0 Å². The molecule has 0 aromatic heterocycles. The summed E-state index contributed by atoms with van der Waals surface area (Å²) in [6.45, 7) is 4.42. The summed E-state index contributed by atoms with van der Waals surface area (Å²) < 4.78 is 0. The minimum absolute atomic E-state index is 0.383. The summed E-state index contributed by atoms with van der Waals surface area (Å²) in [7, 11) is 0. The van der Waals surface area contributed by atoms with E-state index in [1.807, 2.05) is 0 Å². The Balaban J connectivity index is 3.49. The Morgan fingerprint density at radius 3 is 1.30 bits per heavy atom. The maximum absolute atomic E-state index is 9.80. The van der Waals surface area contributed by atoms with Crippen molar-refractivity contribution in [3.8, 4) is 0 Å². The molecule has 0 amide bonds. The minimum Gasteiger partial charge on any atom is -0.389 e. The summed E-state index contributed by atoms with van der Waals surface area (Å²) in [5.41, 5.74) is 0. The lowest BCUT2D eigenvalue weighted by Gasteiger charge is -2.08. The zero-order valence-electron chi connectivity index (χ0n) is 13.7. The van der Waals surface area contributed by atoms with Crippen LogP contribution >= 0.6 is 0 Å². The molecule has 2 atom stereocenters. The van der Waals surface area contributed by atoms with Crippen LogP contribution in [0, 0.1) is 0 Å². The Morgan fingerprint density at radius 2 is 0.950 bits per heavy atom. The van der Waals surface area contributed by atoms with E-state index in [1.54, 1.807) is 12.2 Å². The summed E-state index contributed by atoms with van der Waals surface area (Å²) >= 11 is 0. The maximum Gasteiger partial charge on any atom is 0.0721 e. The molecule has 0 spiro atoms. The fourth-order valence-electron chi connectivity index (χ4n) is 2.36. The fourth-order valence-corrected chi connectivity index (χ4v) is 2.36. The molecular formula is C18H36O2. The molecule has 0 aromatic rings. The normalized spacial score (nSPS) is 14.8. The highest BCUT2D eigenvalue weighted by molar-refractivity contribution is 4.93. The van der Waals surface area contributed by atoms with Gasteiger partial charge in [0.1, 0.15) is 0 Å². The first-order chi connectivity index (χ1) is 9.70. The van der Waals surface area contributed by atoms with Gasteiger partial charge in [-0.1, -0.05) is 90.2 Å². The lowest BCUT2D eigenvalue weighted by molar-refractivity contribution is 0.192. The van der Waals surface area contributed by atoms with Crippen LogP contribution in [0.1, 0.15) is 90.9 Å². The van der Waals surface area contributed by atoms with Crippen LogP contribution in [0.4, 0.5) is 0 Å². The van der Waals surface area contributed by atoms with Gasteiger partial charge in [0.25, 0.3) is 0 Å². The largest absolute Gasteiger partial charge is 0.389 e. The van der Waals surface area contributed by atoms with Crippen LogP contribution in [0.5, 0.6) is 0 Å². The van der Waals surface area contributed by atoms with E-state index >= 15 is 0 Å². The first-order valence-corrected chi connectivity index (χ1v) is 8.75. The van der Waals surface area contributed by atoms with Crippen molar-refractivity contribution in [3.05, 3.63) is 12.2 Å². The predicted molar refractivity (Wildman–Crippen MR) is 87.9 cm³/mol. The summed E-state index contributed by atoms with van der Waals surface area (Å²) in [4.78, 5) is 0. The molecule has 0 saturated heterocycles. The van der Waals surface area contributed by atoms with Gasteiger partial charge in [0, 0.05) is 0 Å². The Bertz CT molecular complexity index is 191. The Kier molecular flexibility index (Phi) is 14.8. The quantitative estimate of drug-likeness (QED) is 0.348. The van der Waals surface area contributed by atoms with Crippen LogP contribution in [0.25, 0.3) is 0 Å². The third-order valence-electron chi connectivity index (χ3n) is 3.76. The van der Waals surface area contributed by atoms with Gasteiger partial charge in [-0.3, -0.25) is 0 Å². The molecule has 0 radical (unpaired) electrons. The summed E-state index contributed by atoms with van der Waals surface area (Å²) in [5.74, 6) is 0. The SMILES string of the molecule is CCCCCCC[C@@H](O)/C=C/[C@H](O)CCCCCCC. The second-order valence-corrected chi connectivity index (χ2v) is 5.93. The summed E-state index contributed by atoms with van der Waals surface area (Å²) in [6.07, 6.45) is 16.7. The fraction of sp³-hybridized carbons (Fsp3) is 0.889. The first kappa shape index (κ1) is 19.7. The van der Waals surface area contributed by atoms with Gasteiger partial charge < -0.3 is 10.2 Å². The standard InChI is InChI=1S/C18H36O2/c1-3-5-7-9-11-13-17(19)15-16-18(20)14-12-10-8-6-4-2/h15-20H,3-14H2,1-2H3/b16-15+/t17-,18-/m1/s1. The molecule has 0 saturated carbocycles. The van der Waals surface area contributed by atoms with Crippen molar-refractivity contribution in [3.63, 3.8) is 0 Å². The molecule has 0 aromatic carbocycles. The Hall–Kier alpha value is -0.340. The lowest BCUT2D eigenvalue weighted by Crippen LogP contribution is -2.06. The lowest BCUT2D eigenvalue weighted by atomic mass is 10.1. The maximum atomic E-state index is 9.80. The van der Waals surface area contributed by atoms with Crippen molar-refractivity contribution in [2.24, 2.45) is 0 Å². The molecule has 2 heteroatoms. The number of unbranched alkanes of at least 4 members (excludes halogenated alkanes) is 8. The van der Waals surface area contributed by atoms with Crippen LogP contribution in [0.3, 0.4) is 0 Å². The number of rotatable bonds is 14. The predicted octanol–water partition coefficient (Wildman–Crippen LogP) is 4.99.